The minimum absolute atomic E-state index is 0.0593. The molecular weight excluding hydrogens is 569 g/mol. The second-order valence-electron chi connectivity index (χ2n) is 10.3. The van der Waals surface area contributed by atoms with Crippen molar-refractivity contribution in [3.8, 4) is 17.2 Å². The summed E-state index contributed by atoms with van der Waals surface area (Å²) in [5, 5.41) is 0. The molecule has 6 rings (SSSR count). The summed E-state index contributed by atoms with van der Waals surface area (Å²) in [6.07, 6.45) is -2.77. The van der Waals surface area contributed by atoms with Gasteiger partial charge in [0.05, 0.1) is 23.2 Å². The first kappa shape index (κ1) is 27.8. The van der Waals surface area contributed by atoms with Crippen molar-refractivity contribution in [2.75, 3.05) is 7.11 Å². The Hall–Kier alpha value is -4.38. The predicted molar refractivity (Wildman–Crippen MR) is 149 cm³/mol. The number of carbonyl (C=O) groups excluding carboxylic acids is 1. The molecule has 11 heteroatoms. The van der Waals surface area contributed by atoms with Crippen LogP contribution in [0.4, 0.5) is 13.2 Å². The molecule has 0 saturated heterocycles. The fourth-order valence-corrected chi connectivity index (χ4v) is 6.73. The van der Waals surface area contributed by atoms with Gasteiger partial charge in [0.15, 0.2) is 4.80 Å². The van der Waals surface area contributed by atoms with Gasteiger partial charge in [0.1, 0.15) is 35.6 Å². The molecule has 2 aliphatic rings. The van der Waals surface area contributed by atoms with Gasteiger partial charge >= 0.3 is 6.18 Å². The van der Waals surface area contributed by atoms with Crippen LogP contribution in [0.5, 0.6) is 17.2 Å². The van der Waals surface area contributed by atoms with Crippen LogP contribution >= 0.6 is 11.3 Å². The van der Waals surface area contributed by atoms with Gasteiger partial charge in [-0.3, -0.25) is 14.2 Å². The second-order valence-corrected chi connectivity index (χ2v) is 11.3. The van der Waals surface area contributed by atoms with Crippen LogP contribution in [0.3, 0.4) is 0 Å². The van der Waals surface area contributed by atoms with Crippen molar-refractivity contribution in [2.45, 2.75) is 38.4 Å². The average molecular weight is 595 g/mol. The number of hydrogen-bond acceptors (Lipinski definition) is 7. The van der Waals surface area contributed by atoms with Gasteiger partial charge in [-0.2, -0.15) is 13.2 Å². The molecule has 3 atom stereocenters. The zero-order valence-electron chi connectivity index (χ0n) is 22.8. The number of aromatic nitrogens is 1. The molecule has 0 saturated carbocycles. The molecule has 3 unspecified atom stereocenters. The zero-order chi connectivity index (χ0) is 29.8. The number of rotatable bonds is 6. The molecule has 3 heterocycles. The largest absolute Gasteiger partial charge is 0.496 e. The SMILES string of the molecule is COc1ccc(C=c2sc3n(c2=O)C2c4ccccc4OC(C)(N=3)C2C(C)=O)cc1COc1cccc(C(F)(F)F)c1. The van der Waals surface area contributed by atoms with E-state index < -0.39 is 29.4 Å². The van der Waals surface area contributed by atoms with E-state index in [-0.39, 0.29) is 23.7 Å². The number of carbonyl (C=O) groups is 1. The Labute approximate surface area is 242 Å². The number of alkyl halides is 3. The predicted octanol–water partition coefficient (Wildman–Crippen LogP) is 4.88. The monoisotopic (exact) mass is 594 g/mol. The lowest BCUT2D eigenvalue weighted by Gasteiger charge is -2.45. The smallest absolute Gasteiger partial charge is 0.416 e. The minimum atomic E-state index is -4.49. The molecule has 0 aliphatic carbocycles. The van der Waals surface area contributed by atoms with Gasteiger partial charge in [-0.05, 0) is 61.9 Å². The van der Waals surface area contributed by atoms with E-state index in [1.165, 1.54) is 37.5 Å². The fraction of sp³-hybridized carbons (Fsp3) is 0.258. The molecule has 3 aromatic carbocycles. The fourth-order valence-electron chi connectivity index (χ4n) is 5.63. The maximum atomic E-state index is 13.8. The van der Waals surface area contributed by atoms with Crippen LogP contribution in [0.15, 0.2) is 76.5 Å². The van der Waals surface area contributed by atoms with Crippen LogP contribution in [0.1, 0.15) is 42.1 Å². The van der Waals surface area contributed by atoms with Gasteiger partial charge in [0, 0.05) is 11.1 Å². The van der Waals surface area contributed by atoms with Gasteiger partial charge in [-0.1, -0.05) is 41.7 Å². The molecule has 216 valence electrons. The van der Waals surface area contributed by atoms with Gasteiger partial charge in [-0.15, -0.1) is 0 Å². The number of para-hydroxylation sites is 1. The number of ether oxygens (including phenoxy) is 3. The number of halogens is 3. The number of Topliss-reactive ketones (excluding diaryl/α,β-unsaturated/α-hetero) is 1. The van der Waals surface area contributed by atoms with Gasteiger partial charge in [0.25, 0.3) is 5.56 Å². The number of benzene rings is 3. The molecule has 0 amide bonds. The van der Waals surface area contributed by atoms with Crippen LogP contribution in [0.25, 0.3) is 6.08 Å². The number of hydrogen-bond donors (Lipinski definition) is 0. The first-order valence-electron chi connectivity index (χ1n) is 13.1. The standard InChI is InChI=1S/C31H25F3N2O5S/c1-17(37)26-27-22-9-4-5-10-24(22)41-30(26,2)35-29-36(27)28(38)25(42-29)14-18-11-12-23(39-3)19(13-18)16-40-21-8-6-7-20(15-21)31(32,33)34/h4-15,26-27H,16H2,1-3H3. The third-order valence-electron chi connectivity index (χ3n) is 7.48. The van der Waals surface area contributed by atoms with Gasteiger partial charge < -0.3 is 14.2 Å². The molecule has 42 heavy (non-hydrogen) atoms. The van der Waals surface area contributed by atoms with Crippen LogP contribution < -0.4 is 29.1 Å². The zero-order valence-corrected chi connectivity index (χ0v) is 23.6. The van der Waals surface area contributed by atoms with Crippen LogP contribution in [0.2, 0.25) is 0 Å². The lowest BCUT2D eigenvalue weighted by molar-refractivity contribution is -0.137. The maximum Gasteiger partial charge on any atom is 0.416 e. The average Bonchev–Trinajstić information content (AvgIpc) is 3.24. The van der Waals surface area contributed by atoms with Crippen molar-refractivity contribution in [3.63, 3.8) is 0 Å². The first-order valence-corrected chi connectivity index (χ1v) is 13.9. The van der Waals surface area contributed by atoms with Crippen molar-refractivity contribution in [3.05, 3.63) is 109 Å². The Balaban J connectivity index is 1.39. The van der Waals surface area contributed by atoms with E-state index in [0.717, 1.165) is 17.7 Å². The third kappa shape index (κ3) is 4.77. The Morgan fingerprint density at radius 2 is 1.93 bits per heavy atom. The summed E-state index contributed by atoms with van der Waals surface area (Å²) < 4.78 is 58.7. The number of ketones is 1. The normalized spacial score (nSPS) is 21.0. The first-order chi connectivity index (χ1) is 20.0. The van der Waals surface area contributed by atoms with Crippen molar-refractivity contribution < 1.29 is 32.2 Å². The second kappa shape index (κ2) is 10.2. The molecule has 4 aromatic rings. The number of nitrogens with zero attached hydrogens (tertiary/aromatic N) is 2. The Morgan fingerprint density at radius 1 is 1.14 bits per heavy atom. The molecule has 2 bridgehead atoms. The third-order valence-corrected chi connectivity index (χ3v) is 8.46. The number of methoxy groups -OCH3 is 1. The quantitative estimate of drug-likeness (QED) is 0.318. The molecule has 0 spiro atoms. The van der Waals surface area contributed by atoms with Crippen molar-refractivity contribution in [1.82, 2.24) is 4.57 Å². The lowest BCUT2D eigenvalue weighted by atomic mass is 9.79. The number of fused-ring (bicyclic) bond motifs is 6. The van der Waals surface area contributed by atoms with Crippen LogP contribution in [-0.4, -0.2) is 23.2 Å². The van der Waals surface area contributed by atoms with E-state index in [4.69, 9.17) is 19.2 Å². The van der Waals surface area contributed by atoms with E-state index in [0.29, 0.717) is 32.0 Å². The Kier molecular flexibility index (Phi) is 6.72. The van der Waals surface area contributed by atoms with E-state index >= 15 is 0 Å². The van der Waals surface area contributed by atoms with Gasteiger partial charge in [0.2, 0.25) is 5.72 Å². The van der Waals surface area contributed by atoms with Crippen molar-refractivity contribution in [2.24, 2.45) is 10.9 Å². The molecular formula is C31H25F3N2O5S. The molecule has 1 aromatic heterocycles. The summed E-state index contributed by atoms with van der Waals surface area (Å²) in [6.45, 7) is 3.19. The topological polar surface area (TPSA) is 79.1 Å². The van der Waals surface area contributed by atoms with E-state index in [1.54, 1.807) is 35.8 Å². The van der Waals surface area contributed by atoms with E-state index in [1.807, 2.05) is 24.3 Å². The highest BCUT2D eigenvalue weighted by Crippen LogP contribution is 2.47. The Bertz CT molecular complexity index is 1900. The molecule has 7 nitrogen and oxygen atoms in total. The van der Waals surface area contributed by atoms with E-state index in [2.05, 4.69) is 0 Å². The molecule has 0 fully saturated rings. The highest BCUT2D eigenvalue weighted by Gasteiger charge is 2.53. The number of thiazole rings is 1. The summed E-state index contributed by atoms with van der Waals surface area (Å²) in [4.78, 5) is 31.9. The molecule has 0 N–H and O–H groups in total. The van der Waals surface area contributed by atoms with Gasteiger partial charge in [-0.25, -0.2) is 4.99 Å². The lowest BCUT2D eigenvalue weighted by Crippen LogP contribution is -2.58. The molecule has 2 aliphatic heterocycles. The van der Waals surface area contributed by atoms with Crippen molar-refractivity contribution in [1.29, 1.82) is 0 Å². The molecule has 0 radical (unpaired) electrons. The highest BCUT2D eigenvalue weighted by atomic mass is 32.1. The summed E-state index contributed by atoms with van der Waals surface area (Å²) in [6, 6.07) is 16.7. The highest BCUT2D eigenvalue weighted by molar-refractivity contribution is 7.07. The summed E-state index contributed by atoms with van der Waals surface area (Å²) in [5.74, 6) is 0.322. The Morgan fingerprint density at radius 3 is 2.67 bits per heavy atom. The van der Waals surface area contributed by atoms with Crippen molar-refractivity contribution >= 4 is 23.2 Å². The summed E-state index contributed by atoms with van der Waals surface area (Å²) in [7, 11) is 1.48. The maximum absolute atomic E-state index is 13.8. The van der Waals surface area contributed by atoms with Crippen LogP contribution in [0, 0.1) is 5.92 Å². The summed E-state index contributed by atoms with van der Waals surface area (Å²) >= 11 is 1.20. The summed E-state index contributed by atoms with van der Waals surface area (Å²) in [5.41, 5.74) is -0.267. The minimum Gasteiger partial charge on any atom is -0.496 e. The van der Waals surface area contributed by atoms with E-state index in [9.17, 15) is 22.8 Å². The van der Waals surface area contributed by atoms with Crippen LogP contribution in [-0.2, 0) is 17.6 Å².